The predicted octanol–water partition coefficient (Wildman–Crippen LogP) is 14.0. The van der Waals surface area contributed by atoms with Gasteiger partial charge in [0.15, 0.2) is 0 Å². The van der Waals surface area contributed by atoms with Gasteiger partial charge < -0.3 is 0 Å². The number of rotatable bonds is 10. The van der Waals surface area contributed by atoms with Gasteiger partial charge in [-0.25, -0.2) is 0 Å². The van der Waals surface area contributed by atoms with Crippen LogP contribution in [0.25, 0.3) is 32.0 Å². The molecule has 2 nitrogen and oxygen atoms in total. The number of hydrogen-bond acceptors (Lipinski definition) is 4. The molecule has 280 valence electrons. The van der Waals surface area contributed by atoms with E-state index >= 15 is 26.3 Å². The Kier molecular flexibility index (Phi) is 10.3. The molecular weight excluding hydrogens is 747 g/mol. The fourth-order valence-corrected chi connectivity index (χ4v) is 8.74. The summed E-state index contributed by atoms with van der Waals surface area (Å²) in [5.74, 6) is -15.9. The van der Waals surface area contributed by atoms with Crippen LogP contribution in [0, 0.1) is 13.8 Å². The van der Waals surface area contributed by atoms with E-state index in [9.17, 15) is 0 Å². The molecule has 0 amide bonds. The van der Waals surface area contributed by atoms with Crippen LogP contribution in [-0.2, 0) is 0 Å². The molecule has 0 fully saturated rings. The van der Waals surface area contributed by atoms with Crippen LogP contribution >= 0.6 is 22.7 Å². The molecule has 7 rings (SSSR count). The van der Waals surface area contributed by atoms with E-state index in [0.29, 0.717) is 20.9 Å². The van der Waals surface area contributed by atoms with Gasteiger partial charge in [0, 0.05) is 43.1 Å². The summed E-state index contributed by atoms with van der Waals surface area (Å²) in [5, 5.41) is 0. The van der Waals surface area contributed by atoms with E-state index < -0.39 is 28.9 Å². The van der Waals surface area contributed by atoms with Crippen molar-refractivity contribution in [3.8, 4) is 20.9 Å². The van der Waals surface area contributed by atoms with Gasteiger partial charge in [0.25, 0.3) is 0 Å². The summed E-state index contributed by atoms with van der Waals surface area (Å²) in [6.07, 6.45) is 3.47. The predicted molar refractivity (Wildman–Crippen MR) is 216 cm³/mol. The number of aliphatic imine (C=N–C) groups is 2. The van der Waals surface area contributed by atoms with Crippen LogP contribution in [0.4, 0.5) is 26.3 Å². The normalized spacial score (nSPS) is 17.3. The van der Waals surface area contributed by atoms with Crippen LogP contribution in [0.1, 0.15) is 69.1 Å². The lowest BCUT2D eigenvalue weighted by molar-refractivity contribution is -0.254. The summed E-state index contributed by atoms with van der Waals surface area (Å²) < 4.78 is 94.0. The summed E-state index contributed by atoms with van der Waals surface area (Å²) in [5.41, 5.74) is 1.66. The Morgan fingerprint density at radius 1 is 0.509 bits per heavy atom. The molecule has 55 heavy (non-hydrogen) atoms. The average molecular weight is 783 g/mol. The molecule has 1 aliphatic carbocycles. The minimum atomic E-state index is -5.65. The molecule has 0 radical (unpaired) electrons. The molecule has 0 N–H and O–H groups in total. The van der Waals surface area contributed by atoms with Crippen LogP contribution in [0.5, 0.6) is 0 Å². The van der Waals surface area contributed by atoms with Crippen LogP contribution in [-0.4, -0.2) is 30.2 Å². The Labute approximate surface area is 324 Å². The van der Waals surface area contributed by atoms with E-state index in [1.165, 1.54) is 26.0 Å². The number of aryl methyl sites for hydroxylation is 2. The quantitative estimate of drug-likeness (QED) is 0.0977. The highest BCUT2D eigenvalue weighted by Gasteiger charge is 2.80. The molecule has 4 aromatic carbocycles. The summed E-state index contributed by atoms with van der Waals surface area (Å²) in [6, 6.07) is 36.4. The third-order valence-corrected chi connectivity index (χ3v) is 12.1. The zero-order valence-corrected chi connectivity index (χ0v) is 32.0. The number of nitrogens with zero attached hydrogens (tertiary/aromatic N) is 2. The minimum Gasteiger partial charge on any atom is -0.285 e. The Morgan fingerprint density at radius 3 is 1.20 bits per heavy atom. The van der Waals surface area contributed by atoms with Crippen molar-refractivity contribution in [2.75, 3.05) is 0 Å². The summed E-state index contributed by atoms with van der Waals surface area (Å²) >= 11 is 2.17. The zero-order chi connectivity index (χ0) is 39.1. The first-order chi connectivity index (χ1) is 26.2. The van der Waals surface area contributed by atoms with Gasteiger partial charge in [0.1, 0.15) is 0 Å². The van der Waals surface area contributed by atoms with Crippen molar-refractivity contribution in [2.45, 2.75) is 57.5 Å². The van der Waals surface area contributed by atoms with E-state index in [2.05, 4.69) is 9.98 Å². The fraction of sp³-hybridized carbons (Fsp3) is 0.200. The van der Waals surface area contributed by atoms with Crippen molar-refractivity contribution in [3.05, 3.63) is 164 Å². The molecule has 2 aromatic heterocycles. The van der Waals surface area contributed by atoms with Crippen molar-refractivity contribution in [1.29, 1.82) is 0 Å². The van der Waals surface area contributed by atoms with E-state index in [1.807, 2.05) is 98.8 Å². The number of thiophene rings is 2. The van der Waals surface area contributed by atoms with E-state index in [-0.39, 0.29) is 33.0 Å². The third kappa shape index (κ3) is 7.13. The Morgan fingerprint density at radius 2 is 0.855 bits per heavy atom. The number of alkyl halides is 6. The molecule has 2 heterocycles. The van der Waals surface area contributed by atoms with Crippen LogP contribution in [0.2, 0.25) is 0 Å². The molecule has 0 aliphatic heterocycles. The minimum absolute atomic E-state index is 0.0713. The number of allylic oxidation sites excluding steroid dienone is 2. The van der Waals surface area contributed by atoms with Gasteiger partial charge >= 0.3 is 17.8 Å². The lowest BCUT2D eigenvalue weighted by Crippen LogP contribution is -2.48. The highest BCUT2D eigenvalue weighted by molar-refractivity contribution is 7.16. The molecule has 6 aromatic rings. The van der Waals surface area contributed by atoms with E-state index in [4.69, 9.17) is 0 Å². The second-order valence-electron chi connectivity index (χ2n) is 13.6. The summed E-state index contributed by atoms with van der Waals surface area (Å²) in [6.45, 7) is 6.93. The second kappa shape index (κ2) is 14.9. The summed E-state index contributed by atoms with van der Waals surface area (Å²) in [7, 11) is 0. The van der Waals surface area contributed by atoms with Gasteiger partial charge in [0.2, 0.25) is 0 Å². The number of benzene rings is 4. The van der Waals surface area contributed by atoms with Crippen molar-refractivity contribution in [1.82, 2.24) is 0 Å². The van der Waals surface area contributed by atoms with Gasteiger partial charge in [0.05, 0.1) is 12.1 Å². The Hall–Kier alpha value is -5.06. The van der Waals surface area contributed by atoms with Crippen LogP contribution in [0.15, 0.2) is 131 Å². The van der Waals surface area contributed by atoms with E-state index in [1.54, 1.807) is 36.7 Å². The SMILES string of the molecule is Cc1sc(-c2ccc(C=N[C@@H](C)c3ccccc3)cc2)cc1C1=C(c2cc(-c3ccc(C=N[C@@H](C)c4ccccc4)cc3)sc2C)C(F)(F)C(F)(F)C1(F)F. The highest BCUT2D eigenvalue weighted by Crippen LogP contribution is 2.66. The molecule has 0 unspecified atom stereocenters. The Balaban J connectivity index is 1.20. The van der Waals surface area contributed by atoms with Gasteiger partial charge in [-0.3, -0.25) is 9.98 Å². The zero-order valence-electron chi connectivity index (χ0n) is 30.3. The first-order valence-electron chi connectivity index (χ1n) is 17.7. The molecule has 0 saturated carbocycles. The van der Waals surface area contributed by atoms with Gasteiger partial charge in [-0.05, 0) is 84.3 Å². The third-order valence-electron chi connectivity index (χ3n) is 9.89. The monoisotopic (exact) mass is 782 g/mol. The van der Waals surface area contributed by atoms with Crippen molar-refractivity contribution in [2.24, 2.45) is 9.98 Å². The molecular formula is C45H36F6N2S2. The molecule has 0 bridgehead atoms. The smallest absolute Gasteiger partial charge is 0.285 e. The molecule has 10 heteroatoms. The highest BCUT2D eigenvalue weighted by atomic mass is 32.1. The van der Waals surface area contributed by atoms with Crippen molar-refractivity contribution in [3.63, 3.8) is 0 Å². The Bertz CT molecular complexity index is 2220. The molecule has 0 spiro atoms. The molecule has 0 saturated heterocycles. The van der Waals surface area contributed by atoms with Crippen molar-refractivity contribution >= 4 is 46.2 Å². The lowest BCUT2D eigenvalue weighted by Gasteiger charge is -2.25. The van der Waals surface area contributed by atoms with Crippen molar-refractivity contribution < 1.29 is 26.3 Å². The summed E-state index contributed by atoms with van der Waals surface area (Å²) in [4.78, 5) is 10.7. The first-order valence-corrected chi connectivity index (χ1v) is 19.3. The lowest BCUT2D eigenvalue weighted by atomic mass is 9.94. The number of hydrogen-bond donors (Lipinski definition) is 0. The maximum atomic E-state index is 15.9. The van der Waals surface area contributed by atoms with Crippen LogP contribution < -0.4 is 0 Å². The maximum Gasteiger partial charge on any atom is 0.380 e. The van der Waals surface area contributed by atoms with Crippen LogP contribution in [0.3, 0.4) is 0 Å². The maximum absolute atomic E-state index is 15.9. The first kappa shape index (κ1) is 38.2. The van der Waals surface area contributed by atoms with Gasteiger partial charge in [-0.2, -0.15) is 26.3 Å². The molecule has 1 aliphatic rings. The fourth-order valence-electron chi connectivity index (χ4n) is 6.68. The standard InChI is InChI=1S/C45H36F6N2S2/c1-27(33-11-7-5-8-12-33)52-25-31-15-19-35(20-16-31)39-23-37(29(3)54-39)41-42(44(48,49)45(50,51)43(41,46)47)38-24-40(55-30(38)4)36-21-17-32(18-22-36)26-53-28(2)34-13-9-6-10-14-34/h5-28H,1-4H3/t27-,28-/m0/s1. The van der Waals surface area contributed by atoms with Gasteiger partial charge in [-0.15, -0.1) is 22.7 Å². The second-order valence-corrected chi connectivity index (χ2v) is 16.1. The topological polar surface area (TPSA) is 24.7 Å². The number of halogens is 6. The average Bonchev–Trinajstić information content (AvgIpc) is 3.79. The van der Waals surface area contributed by atoms with Gasteiger partial charge in [-0.1, -0.05) is 109 Å². The molecule has 2 atom stereocenters. The van der Waals surface area contributed by atoms with E-state index in [0.717, 1.165) is 44.9 Å². The largest absolute Gasteiger partial charge is 0.380 e.